The zero-order valence-corrected chi connectivity index (χ0v) is 11.9. The van der Waals surface area contributed by atoms with Gasteiger partial charge in [0.1, 0.15) is 0 Å². The molecule has 18 heavy (non-hydrogen) atoms. The summed E-state index contributed by atoms with van der Waals surface area (Å²) in [5.74, 6) is 0. The molecule has 0 bridgehead atoms. The van der Waals surface area contributed by atoms with Crippen LogP contribution in [0.4, 0.5) is 5.69 Å². The Kier molecular flexibility index (Phi) is 5.06. The van der Waals surface area contributed by atoms with Gasteiger partial charge in [0.15, 0.2) is 0 Å². The van der Waals surface area contributed by atoms with E-state index in [-0.39, 0.29) is 0 Å². The van der Waals surface area contributed by atoms with Crippen molar-refractivity contribution in [3.63, 3.8) is 0 Å². The molecule has 2 nitrogen and oxygen atoms in total. The van der Waals surface area contributed by atoms with Gasteiger partial charge >= 0.3 is 0 Å². The first-order chi connectivity index (χ1) is 8.79. The van der Waals surface area contributed by atoms with Crippen molar-refractivity contribution in [3.8, 4) is 0 Å². The summed E-state index contributed by atoms with van der Waals surface area (Å²) in [6.07, 6.45) is 5.21. The lowest BCUT2D eigenvalue weighted by atomic mass is 10.1. The lowest BCUT2D eigenvalue weighted by molar-refractivity contribution is 0.313. The van der Waals surface area contributed by atoms with Crippen molar-refractivity contribution in [2.75, 3.05) is 38.1 Å². The van der Waals surface area contributed by atoms with Gasteiger partial charge in [0, 0.05) is 31.9 Å². The Labute approximate surface area is 112 Å². The molecule has 1 aromatic rings. The van der Waals surface area contributed by atoms with Crippen LogP contribution in [0.15, 0.2) is 24.3 Å². The third-order valence-corrected chi connectivity index (χ3v) is 3.87. The van der Waals surface area contributed by atoms with Crippen LogP contribution in [0.5, 0.6) is 0 Å². The van der Waals surface area contributed by atoms with Crippen LogP contribution < -0.4 is 4.90 Å². The van der Waals surface area contributed by atoms with Crippen LogP contribution in [0.2, 0.25) is 0 Å². The van der Waals surface area contributed by atoms with Gasteiger partial charge in [-0.15, -0.1) is 0 Å². The number of likely N-dealkylation sites (N-methyl/N-ethyl adjacent to an activating group) is 1. The van der Waals surface area contributed by atoms with Gasteiger partial charge in [-0.25, -0.2) is 0 Å². The molecule has 1 aromatic carbocycles. The number of hydrogen-bond donors (Lipinski definition) is 0. The molecule has 0 spiro atoms. The van der Waals surface area contributed by atoms with Crippen LogP contribution in [0.25, 0.3) is 0 Å². The predicted molar refractivity (Wildman–Crippen MR) is 79.4 cm³/mol. The minimum Gasteiger partial charge on any atom is -0.369 e. The lowest BCUT2D eigenvalue weighted by Crippen LogP contribution is -2.44. The van der Waals surface area contributed by atoms with E-state index < -0.39 is 0 Å². The van der Waals surface area contributed by atoms with Crippen molar-refractivity contribution in [2.24, 2.45) is 0 Å². The number of piperazine rings is 1. The average molecular weight is 246 g/mol. The molecule has 0 unspecified atom stereocenters. The summed E-state index contributed by atoms with van der Waals surface area (Å²) in [5, 5.41) is 0. The average Bonchev–Trinajstić information content (AvgIpc) is 2.41. The molecule has 1 aliphatic rings. The van der Waals surface area contributed by atoms with Gasteiger partial charge in [0.25, 0.3) is 0 Å². The monoisotopic (exact) mass is 246 g/mol. The number of aryl methyl sites for hydroxylation is 1. The van der Waals surface area contributed by atoms with E-state index >= 15 is 0 Å². The van der Waals surface area contributed by atoms with Gasteiger partial charge in [0.05, 0.1) is 0 Å². The lowest BCUT2D eigenvalue weighted by Gasteiger charge is -2.34. The Bertz CT molecular complexity index is 337. The normalized spacial score (nSPS) is 17.1. The molecule has 0 N–H and O–H groups in total. The molecule has 2 rings (SSSR count). The fourth-order valence-corrected chi connectivity index (χ4v) is 2.52. The van der Waals surface area contributed by atoms with Crippen molar-refractivity contribution in [2.45, 2.75) is 32.6 Å². The quantitative estimate of drug-likeness (QED) is 0.736. The van der Waals surface area contributed by atoms with Crippen molar-refractivity contribution in [1.29, 1.82) is 0 Å². The molecule has 0 saturated carbocycles. The second-order valence-electron chi connectivity index (χ2n) is 5.41. The molecular weight excluding hydrogens is 220 g/mol. The van der Waals surface area contributed by atoms with Gasteiger partial charge in [-0.3, -0.25) is 0 Å². The zero-order chi connectivity index (χ0) is 12.8. The van der Waals surface area contributed by atoms with Crippen molar-refractivity contribution in [3.05, 3.63) is 29.8 Å². The van der Waals surface area contributed by atoms with E-state index in [2.05, 4.69) is 48.0 Å². The SMILES string of the molecule is CCCCCc1ccc(N2CCN(C)CC2)cc1. The van der Waals surface area contributed by atoms with E-state index in [0.717, 1.165) is 13.1 Å². The van der Waals surface area contributed by atoms with Gasteiger partial charge in [-0.1, -0.05) is 31.9 Å². The molecule has 2 heteroatoms. The number of nitrogens with zero attached hydrogens (tertiary/aromatic N) is 2. The molecular formula is C16H26N2. The predicted octanol–water partition coefficient (Wildman–Crippen LogP) is 3.17. The smallest absolute Gasteiger partial charge is 0.0367 e. The van der Waals surface area contributed by atoms with Crippen molar-refractivity contribution in [1.82, 2.24) is 4.90 Å². The Morgan fingerprint density at radius 2 is 1.61 bits per heavy atom. The topological polar surface area (TPSA) is 6.48 Å². The Balaban J connectivity index is 1.87. The largest absolute Gasteiger partial charge is 0.369 e. The highest BCUT2D eigenvalue weighted by Gasteiger charge is 2.13. The number of rotatable bonds is 5. The molecule has 0 aliphatic carbocycles. The fraction of sp³-hybridized carbons (Fsp3) is 0.625. The van der Waals surface area contributed by atoms with Crippen LogP contribution in [-0.2, 0) is 6.42 Å². The summed E-state index contributed by atoms with van der Waals surface area (Å²) in [6.45, 7) is 6.93. The molecule has 0 atom stereocenters. The second kappa shape index (κ2) is 6.79. The van der Waals surface area contributed by atoms with Gasteiger partial charge < -0.3 is 9.80 Å². The van der Waals surface area contributed by atoms with E-state index in [1.807, 2.05) is 0 Å². The third-order valence-electron chi connectivity index (χ3n) is 3.87. The van der Waals surface area contributed by atoms with Gasteiger partial charge in [0.2, 0.25) is 0 Å². The van der Waals surface area contributed by atoms with Crippen LogP contribution in [0.3, 0.4) is 0 Å². The standard InChI is InChI=1S/C16H26N2/c1-3-4-5-6-15-7-9-16(10-8-15)18-13-11-17(2)12-14-18/h7-10H,3-6,11-14H2,1-2H3. The Hall–Kier alpha value is -1.02. The van der Waals surface area contributed by atoms with Gasteiger partial charge in [-0.2, -0.15) is 0 Å². The second-order valence-corrected chi connectivity index (χ2v) is 5.41. The minimum absolute atomic E-state index is 1.16. The highest BCUT2D eigenvalue weighted by Crippen LogP contribution is 2.18. The molecule has 0 aromatic heterocycles. The molecule has 0 radical (unpaired) electrons. The first-order valence-electron chi connectivity index (χ1n) is 7.32. The Morgan fingerprint density at radius 3 is 2.22 bits per heavy atom. The first kappa shape index (κ1) is 13.4. The molecule has 1 heterocycles. The van der Waals surface area contributed by atoms with Crippen LogP contribution in [-0.4, -0.2) is 38.1 Å². The summed E-state index contributed by atoms with van der Waals surface area (Å²) in [4.78, 5) is 4.89. The summed E-state index contributed by atoms with van der Waals surface area (Å²) < 4.78 is 0. The van der Waals surface area contributed by atoms with E-state index in [9.17, 15) is 0 Å². The summed E-state index contributed by atoms with van der Waals surface area (Å²) >= 11 is 0. The van der Waals surface area contributed by atoms with E-state index in [0.29, 0.717) is 0 Å². The summed E-state index contributed by atoms with van der Waals surface area (Å²) in [6, 6.07) is 9.21. The van der Waals surface area contributed by atoms with Crippen molar-refractivity contribution < 1.29 is 0 Å². The maximum atomic E-state index is 2.50. The van der Waals surface area contributed by atoms with E-state index in [1.54, 1.807) is 0 Å². The number of anilines is 1. The summed E-state index contributed by atoms with van der Waals surface area (Å²) in [5.41, 5.74) is 2.88. The maximum absolute atomic E-state index is 2.50. The highest BCUT2D eigenvalue weighted by atomic mass is 15.2. The molecule has 0 amide bonds. The summed E-state index contributed by atoms with van der Waals surface area (Å²) in [7, 11) is 2.20. The molecule has 1 fully saturated rings. The highest BCUT2D eigenvalue weighted by molar-refractivity contribution is 5.48. The van der Waals surface area contributed by atoms with Gasteiger partial charge in [-0.05, 0) is 37.6 Å². The number of unbranched alkanes of at least 4 members (excludes halogenated alkanes) is 2. The minimum atomic E-state index is 1.16. The van der Waals surface area contributed by atoms with Crippen LogP contribution in [0.1, 0.15) is 31.7 Å². The number of hydrogen-bond acceptors (Lipinski definition) is 2. The van der Waals surface area contributed by atoms with E-state index in [4.69, 9.17) is 0 Å². The first-order valence-corrected chi connectivity index (χ1v) is 7.32. The van der Waals surface area contributed by atoms with Crippen LogP contribution in [0, 0.1) is 0 Å². The zero-order valence-electron chi connectivity index (χ0n) is 11.9. The van der Waals surface area contributed by atoms with E-state index in [1.165, 1.54) is 50.0 Å². The molecule has 1 saturated heterocycles. The fourth-order valence-electron chi connectivity index (χ4n) is 2.52. The molecule has 1 aliphatic heterocycles. The third kappa shape index (κ3) is 3.74. The Morgan fingerprint density at radius 1 is 0.944 bits per heavy atom. The molecule has 100 valence electrons. The maximum Gasteiger partial charge on any atom is 0.0367 e. The van der Waals surface area contributed by atoms with Crippen LogP contribution >= 0.6 is 0 Å². The number of benzene rings is 1. The van der Waals surface area contributed by atoms with Crippen molar-refractivity contribution >= 4 is 5.69 Å².